The maximum absolute atomic E-state index is 5.44. The summed E-state index contributed by atoms with van der Waals surface area (Å²) in [5.41, 5.74) is 8.62. The molecule has 92 valence electrons. The first-order valence-corrected chi connectivity index (χ1v) is 6.09. The van der Waals surface area contributed by atoms with Crippen LogP contribution < -0.4 is 16.4 Å². The summed E-state index contributed by atoms with van der Waals surface area (Å²) in [6.07, 6.45) is 0. The van der Waals surface area contributed by atoms with Crippen LogP contribution in [-0.4, -0.2) is 5.11 Å². The highest BCUT2D eigenvalue weighted by Gasteiger charge is 1.97. The van der Waals surface area contributed by atoms with Crippen molar-refractivity contribution in [3.8, 4) is 0 Å². The van der Waals surface area contributed by atoms with Crippen molar-refractivity contribution >= 4 is 28.7 Å². The molecule has 2 rings (SSSR count). The van der Waals surface area contributed by atoms with Crippen molar-refractivity contribution in [3.05, 3.63) is 60.2 Å². The van der Waals surface area contributed by atoms with Crippen LogP contribution in [-0.2, 0) is 6.54 Å². The molecule has 18 heavy (non-hydrogen) atoms. The van der Waals surface area contributed by atoms with E-state index in [1.165, 1.54) is 5.56 Å². The van der Waals surface area contributed by atoms with E-state index in [1.807, 2.05) is 48.5 Å². The number of hydrogen-bond acceptors (Lipinski definition) is 2. The Balaban J connectivity index is 1.99. The Kier molecular flexibility index (Phi) is 4.15. The molecule has 3 nitrogen and oxygen atoms in total. The number of nitrogens with two attached hydrogens (primary N) is 1. The Morgan fingerprint density at radius 2 is 1.72 bits per heavy atom. The average Bonchev–Trinajstić information content (AvgIpc) is 2.37. The third kappa shape index (κ3) is 3.75. The molecule has 0 fully saturated rings. The summed E-state index contributed by atoms with van der Waals surface area (Å²) < 4.78 is 0. The Morgan fingerprint density at radius 3 is 2.44 bits per heavy atom. The Morgan fingerprint density at radius 1 is 1.00 bits per heavy atom. The van der Waals surface area contributed by atoms with Crippen molar-refractivity contribution in [3.63, 3.8) is 0 Å². The van der Waals surface area contributed by atoms with Gasteiger partial charge in [0.2, 0.25) is 0 Å². The Bertz CT molecular complexity index is 526. The van der Waals surface area contributed by atoms with Crippen LogP contribution in [0.15, 0.2) is 54.6 Å². The zero-order valence-corrected chi connectivity index (χ0v) is 10.7. The molecule has 0 spiro atoms. The number of benzene rings is 2. The molecule has 0 aliphatic carbocycles. The molecule has 4 heteroatoms. The lowest BCUT2D eigenvalue weighted by atomic mass is 10.2. The van der Waals surface area contributed by atoms with Gasteiger partial charge in [0, 0.05) is 17.9 Å². The first-order chi connectivity index (χ1) is 8.74. The molecule has 4 N–H and O–H groups in total. The Labute approximate surface area is 112 Å². The lowest BCUT2D eigenvalue weighted by Gasteiger charge is -2.09. The van der Waals surface area contributed by atoms with Crippen LogP contribution in [0, 0.1) is 0 Å². The zero-order valence-electron chi connectivity index (χ0n) is 9.89. The van der Waals surface area contributed by atoms with Crippen LogP contribution in [0.2, 0.25) is 0 Å². The highest BCUT2D eigenvalue weighted by Crippen LogP contribution is 2.13. The van der Waals surface area contributed by atoms with Gasteiger partial charge < -0.3 is 16.4 Å². The second-order valence-electron chi connectivity index (χ2n) is 3.91. The van der Waals surface area contributed by atoms with Gasteiger partial charge in [-0.05, 0) is 42.0 Å². The first-order valence-electron chi connectivity index (χ1n) is 5.68. The van der Waals surface area contributed by atoms with Crippen molar-refractivity contribution in [2.75, 3.05) is 10.6 Å². The highest BCUT2D eigenvalue weighted by molar-refractivity contribution is 7.80. The highest BCUT2D eigenvalue weighted by atomic mass is 32.1. The van der Waals surface area contributed by atoms with Crippen LogP contribution in [0.3, 0.4) is 0 Å². The summed E-state index contributed by atoms with van der Waals surface area (Å²) in [6.45, 7) is 0.761. The number of anilines is 2. The van der Waals surface area contributed by atoms with Gasteiger partial charge >= 0.3 is 0 Å². The molecule has 0 aromatic heterocycles. The van der Waals surface area contributed by atoms with Gasteiger partial charge in [0.15, 0.2) is 5.11 Å². The summed E-state index contributed by atoms with van der Waals surface area (Å²) in [5, 5.41) is 6.56. The molecule has 0 radical (unpaired) electrons. The van der Waals surface area contributed by atoms with E-state index in [0.717, 1.165) is 17.9 Å². The van der Waals surface area contributed by atoms with Crippen molar-refractivity contribution in [1.82, 2.24) is 0 Å². The van der Waals surface area contributed by atoms with Crippen LogP contribution in [0.5, 0.6) is 0 Å². The maximum Gasteiger partial charge on any atom is 0.168 e. The number of rotatable bonds is 4. The molecule has 0 saturated carbocycles. The minimum Gasteiger partial charge on any atom is -0.381 e. The van der Waals surface area contributed by atoms with E-state index in [-0.39, 0.29) is 5.11 Å². The van der Waals surface area contributed by atoms with Crippen molar-refractivity contribution < 1.29 is 0 Å². The fourth-order valence-corrected chi connectivity index (χ4v) is 1.78. The van der Waals surface area contributed by atoms with E-state index in [0.29, 0.717) is 0 Å². The predicted molar refractivity (Wildman–Crippen MR) is 80.6 cm³/mol. The first kappa shape index (κ1) is 12.4. The molecule has 0 atom stereocenters. The van der Waals surface area contributed by atoms with Crippen LogP contribution >= 0.6 is 12.2 Å². The van der Waals surface area contributed by atoms with Gasteiger partial charge in [0.1, 0.15) is 0 Å². The third-order valence-electron chi connectivity index (χ3n) is 2.46. The van der Waals surface area contributed by atoms with E-state index < -0.39 is 0 Å². The number of para-hydroxylation sites is 1. The smallest absolute Gasteiger partial charge is 0.168 e. The molecular formula is C14H15N3S. The minimum absolute atomic E-state index is 0.281. The lowest BCUT2D eigenvalue weighted by molar-refractivity contribution is 1.15. The van der Waals surface area contributed by atoms with Gasteiger partial charge in [-0.3, -0.25) is 0 Å². The van der Waals surface area contributed by atoms with Gasteiger partial charge in [-0.2, -0.15) is 0 Å². The van der Waals surface area contributed by atoms with Crippen LogP contribution in [0.25, 0.3) is 0 Å². The lowest BCUT2D eigenvalue weighted by Crippen LogP contribution is -2.18. The van der Waals surface area contributed by atoms with Gasteiger partial charge in [0.25, 0.3) is 0 Å². The number of hydrogen-bond donors (Lipinski definition) is 3. The van der Waals surface area contributed by atoms with E-state index >= 15 is 0 Å². The minimum atomic E-state index is 0.281. The summed E-state index contributed by atoms with van der Waals surface area (Å²) in [5.74, 6) is 0. The third-order valence-corrected chi connectivity index (χ3v) is 2.57. The fraction of sp³-hybridized carbons (Fsp3) is 0.0714. The van der Waals surface area contributed by atoms with E-state index in [1.54, 1.807) is 0 Å². The van der Waals surface area contributed by atoms with E-state index in [2.05, 4.69) is 16.7 Å². The van der Waals surface area contributed by atoms with E-state index in [4.69, 9.17) is 18.0 Å². The number of thiocarbonyl (C=S) groups is 1. The predicted octanol–water partition coefficient (Wildman–Crippen LogP) is 2.95. The largest absolute Gasteiger partial charge is 0.381 e. The normalized spacial score (nSPS) is 9.78. The van der Waals surface area contributed by atoms with Gasteiger partial charge in [-0.1, -0.05) is 30.3 Å². The number of nitrogens with one attached hydrogen (secondary N) is 2. The monoisotopic (exact) mass is 257 g/mol. The summed E-state index contributed by atoms with van der Waals surface area (Å²) >= 11 is 4.81. The summed E-state index contributed by atoms with van der Waals surface area (Å²) in [7, 11) is 0. The molecule has 0 amide bonds. The molecule has 0 heterocycles. The van der Waals surface area contributed by atoms with Gasteiger partial charge in [-0.15, -0.1) is 0 Å². The SMILES string of the molecule is NC(=S)Nc1cccc(CNc2ccccc2)c1. The van der Waals surface area contributed by atoms with Crippen LogP contribution in [0.1, 0.15) is 5.56 Å². The second-order valence-corrected chi connectivity index (χ2v) is 4.35. The molecule has 0 bridgehead atoms. The van der Waals surface area contributed by atoms with E-state index in [9.17, 15) is 0 Å². The molecule has 0 unspecified atom stereocenters. The van der Waals surface area contributed by atoms with Crippen molar-refractivity contribution in [2.45, 2.75) is 6.54 Å². The molecule has 0 saturated heterocycles. The molecule has 2 aromatic carbocycles. The maximum atomic E-state index is 5.44. The van der Waals surface area contributed by atoms with Gasteiger partial charge in [0.05, 0.1) is 0 Å². The second kappa shape index (κ2) is 6.02. The molecule has 2 aromatic rings. The summed E-state index contributed by atoms with van der Waals surface area (Å²) in [6, 6.07) is 18.1. The Hall–Kier alpha value is -2.07. The summed E-state index contributed by atoms with van der Waals surface area (Å²) in [4.78, 5) is 0. The average molecular weight is 257 g/mol. The van der Waals surface area contributed by atoms with Gasteiger partial charge in [-0.25, -0.2) is 0 Å². The standard InChI is InChI=1S/C14H15N3S/c15-14(18)17-13-8-4-5-11(9-13)10-16-12-6-2-1-3-7-12/h1-9,16H,10H2,(H3,15,17,18). The molecule has 0 aliphatic rings. The van der Waals surface area contributed by atoms with Crippen molar-refractivity contribution in [2.24, 2.45) is 5.73 Å². The molecule has 0 aliphatic heterocycles. The fourth-order valence-electron chi connectivity index (χ4n) is 1.66. The topological polar surface area (TPSA) is 50.1 Å². The van der Waals surface area contributed by atoms with Crippen LogP contribution in [0.4, 0.5) is 11.4 Å². The zero-order chi connectivity index (χ0) is 12.8. The quantitative estimate of drug-likeness (QED) is 0.737. The molecular weight excluding hydrogens is 242 g/mol. The van der Waals surface area contributed by atoms with Crippen molar-refractivity contribution in [1.29, 1.82) is 0 Å².